The van der Waals surface area contributed by atoms with Crippen molar-refractivity contribution in [3.63, 3.8) is 0 Å². The van der Waals surface area contributed by atoms with Gasteiger partial charge in [0.05, 0.1) is 5.69 Å². The van der Waals surface area contributed by atoms with E-state index in [0.717, 1.165) is 36.3 Å². The number of pyridine rings is 2. The van der Waals surface area contributed by atoms with Crippen LogP contribution in [0.3, 0.4) is 0 Å². The first-order valence-corrected chi connectivity index (χ1v) is 7.37. The first-order chi connectivity index (χ1) is 10.6. The zero-order chi connectivity index (χ0) is 15.5. The molecule has 0 aliphatic rings. The van der Waals surface area contributed by atoms with Crippen LogP contribution in [-0.2, 0) is 6.42 Å². The van der Waals surface area contributed by atoms with Crippen molar-refractivity contribution in [1.82, 2.24) is 19.6 Å². The molecule has 0 aromatic carbocycles. The molecule has 3 aromatic heterocycles. The van der Waals surface area contributed by atoms with Gasteiger partial charge in [-0.3, -0.25) is 4.98 Å². The first-order valence-electron chi connectivity index (χ1n) is 7.37. The third-order valence-corrected chi connectivity index (χ3v) is 3.71. The predicted molar refractivity (Wildman–Crippen MR) is 93.6 cm³/mol. The second-order valence-corrected chi connectivity index (χ2v) is 5.43. The summed E-state index contributed by atoms with van der Waals surface area (Å²) in [7, 11) is 0. The third-order valence-electron chi connectivity index (χ3n) is 3.71. The number of anilines is 1. The van der Waals surface area contributed by atoms with Gasteiger partial charge in [-0.1, -0.05) is 6.07 Å². The Kier molecular flexibility index (Phi) is 5.39. The van der Waals surface area contributed by atoms with E-state index in [9.17, 15) is 4.79 Å². The van der Waals surface area contributed by atoms with Crippen LogP contribution in [0.4, 0.5) is 5.69 Å². The molecule has 0 amide bonds. The lowest BCUT2D eigenvalue weighted by Gasteiger charge is -2.10. The summed E-state index contributed by atoms with van der Waals surface area (Å²) >= 11 is 0. The van der Waals surface area contributed by atoms with E-state index in [0.29, 0.717) is 5.65 Å². The fourth-order valence-electron chi connectivity index (χ4n) is 2.44. The Morgan fingerprint density at radius 2 is 2.09 bits per heavy atom. The van der Waals surface area contributed by atoms with Gasteiger partial charge in [-0.25, -0.2) is 14.3 Å². The van der Waals surface area contributed by atoms with Crippen LogP contribution in [0.25, 0.3) is 5.65 Å². The molecule has 0 saturated heterocycles. The number of nitrogens with one attached hydrogen (secondary N) is 2. The maximum atomic E-state index is 11.6. The highest BCUT2D eigenvalue weighted by Gasteiger charge is 2.08. The summed E-state index contributed by atoms with van der Waals surface area (Å²) in [5.74, 6) is 0. The summed E-state index contributed by atoms with van der Waals surface area (Å²) in [5, 5.41) is 9.94. The van der Waals surface area contributed by atoms with Gasteiger partial charge in [-0.2, -0.15) is 5.10 Å². The lowest BCUT2D eigenvalue weighted by molar-refractivity contribution is 0.855. The topological polar surface area (TPSA) is 75.1 Å². The Labute approximate surface area is 140 Å². The quantitative estimate of drug-likeness (QED) is 0.703. The lowest BCUT2D eigenvalue weighted by atomic mass is 10.1. The summed E-state index contributed by atoms with van der Waals surface area (Å²) in [4.78, 5) is 15.9. The van der Waals surface area contributed by atoms with Gasteiger partial charge in [-0.15, -0.1) is 12.4 Å². The molecule has 0 radical (unpaired) electrons. The number of H-pyrrole nitrogens is 1. The lowest BCUT2D eigenvalue weighted by Crippen LogP contribution is -2.11. The Hall–Kier alpha value is -2.34. The monoisotopic (exact) mass is 333 g/mol. The van der Waals surface area contributed by atoms with Crippen LogP contribution in [-0.4, -0.2) is 26.1 Å². The van der Waals surface area contributed by atoms with E-state index in [1.165, 1.54) is 9.96 Å². The van der Waals surface area contributed by atoms with Crippen molar-refractivity contribution in [1.29, 1.82) is 0 Å². The van der Waals surface area contributed by atoms with E-state index in [-0.39, 0.29) is 18.1 Å². The predicted octanol–water partition coefficient (Wildman–Crippen LogP) is 2.50. The van der Waals surface area contributed by atoms with E-state index >= 15 is 0 Å². The average molecular weight is 334 g/mol. The molecule has 0 aliphatic carbocycles. The molecule has 0 aliphatic heterocycles. The smallest absolute Gasteiger partial charge is 0.347 e. The van der Waals surface area contributed by atoms with Crippen molar-refractivity contribution in [2.45, 2.75) is 26.7 Å². The van der Waals surface area contributed by atoms with Crippen LogP contribution in [0.15, 0.2) is 35.4 Å². The molecule has 3 heterocycles. The molecule has 0 saturated carbocycles. The number of aromatic amines is 1. The van der Waals surface area contributed by atoms with Gasteiger partial charge in [0, 0.05) is 24.6 Å². The molecule has 23 heavy (non-hydrogen) atoms. The number of fused-ring (bicyclic) bond motifs is 1. The minimum Gasteiger partial charge on any atom is -0.382 e. The molecule has 0 unspecified atom stereocenters. The molecule has 2 N–H and O–H groups in total. The van der Waals surface area contributed by atoms with E-state index in [2.05, 4.69) is 26.6 Å². The normalized spacial score (nSPS) is 10.5. The van der Waals surface area contributed by atoms with Crippen LogP contribution in [0.5, 0.6) is 0 Å². The molecule has 122 valence electrons. The Balaban J connectivity index is 0.00000192. The molecule has 7 heteroatoms. The van der Waals surface area contributed by atoms with Crippen LogP contribution in [0.1, 0.15) is 23.2 Å². The molecular formula is C16H20ClN5O. The summed E-state index contributed by atoms with van der Waals surface area (Å²) in [6.07, 6.45) is 5.62. The molecule has 0 spiro atoms. The number of rotatable bonds is 5. The second kappa shape index (κ2) is 7.28. The number of aryl methyl sites for hydroxylation is 3. The standard InChI is InChI=1S/C16H19N5O.ClH/c1-11-7-9-21-15(19-20-16(21)22)14(11)17-8-3-4-13-6-5-12(2)18-10-13;/h5-7,9-10,17H,3-4,8H2,1-2H3,(H,20,22);1H. The van der Waals surface area contributed by atoms with Gasteiger partial charge >= 0.3 is 5.69 Å². The molecule has 0 fully saturated rings. The van der Waals surface area contributed by atoms with Crippen molar-refractivity contribution in [2.24, 2.45) is 0 Å². The summed E-state index contributed by atoms with van der Waals surface area (Å²) in [6, 6.07) is 6.06. The van der Waals surface area contributed by atoms with Crippen LogP contribution in [0, 0.1) is 13.8 Å². The summed E-state index contributed by atoms with van der Waals surface area (Å²) < 4.78 is 1.51. The van der Waals surface area contributed by atoms with Gasteiger partial charge in [-0.05, 0) is 49.9 Å². The van der Waals surface area contributed by atoms with E-state index in [4.69, 9.17) is 0 Å². The van der Waals surface area contributed by atoms with Gasteiger partial charge in [0.1, 0.15) is 0 Å². The Bertz CT molecular complexity index is 838. The van der Waals surface area contributed by atoms with E-state index < -0.39 is 0 Å². The summed E-state index contributed by atoms with van der Waals surface area (Å²) in [5.41, 5.74) is 4.67. The Morgan fingerprint density at radius 3 is 2.83 bits per heavy atom. The van der Waals surface area contributed by atoms with Crippen molar-refractivity contribution < 1.29 is 0 Å². The number of nitrogens with zero attached hydrogens (tertiary/aromatic N) is 3. The number of hydrogen-bond donors (Lipinski definition) is 2. The molecule has 6 nitrogen and oxygen atoms in total. The zero-order valence-corrected chi connectivity index (χ0v) is 14.0. The highest BCUT2D eigenvalue weighted by molar-refractivity contribution is 5.85. The van der Waals surface area contributed by atoms with Crippen molar-refractivity contribution >= 4 is 23.7 Å². The third kappa shape index (κ3) is 3.71. The van der Waals surface area contributed by atoms with Crippen molar-refractivity contribution in [2.75, 3.05) is 11.9 Å². The Morgan fingerprint density at radius 1 is 1.26 bits per heavy atom. The molecule has 0 atom stereocenters. The average Bonchev–Trinajstić information content (AvgIpc) is 2.89. The van der Waals surface area contributed by atoms with E-state index in [1.54, 1.807) is 6.20 Å². The largest absolute Gasteiger partial charge is 0.382 e. The molecule has 0 bridgehead atoms. The van der Waals surface area contributed by atoms with Crippen molar-refractivity contribution in [3.05, 3.63) is 57.9 Å². The highest BCUT2D eigenvalue weighted by Crippen LogP contribution is 2.18. The van der Waals surface area contributed by atoms with E-state index in [1.807, 2.05) is 32.2 Å². The fraction of sp³-hybridized carbons (Fsp3) is 0.312. The first kappa shape index (κ1) is 17.0. The molecular weight excluding hydrogens is 314 g/mol. The second-order valence-electron chi connectivity index (χ2n) is 5.43. The maximum absolute atomic E-state index is 11.6. The van der Waals surface area contributed by atoms with Crippen LogP contribution in [0.2, 0.25) is 0 Å². The fourth-order valence-corrected chi connectivity index (χ4v) is 2.44. The highest BCUT2D eigenvalue weighted by atomic mass is 35.5. The SMILES string of the molecule is Cc1ccc(CCCNc2c(C)ccn3c(=O)[nH]nc23)cn1.Cl. The summed E-state index contributed by atoms with van der Waals surface area (Å²) in [6.45, 7) is 4.81. The molecule has 3 aromatic rings. The van der Waals surface area contributed by atoms with Crippen LogP contribution < -0.4 is 11.0 Å². The number of hydrogen-bond acceptors (Lipinski definition) is 4. The zero-order valence-electron chi connectivity index (χ0n) is 13.2. The number of halogens is 1. The molecule has 3 rings (SSSR count). The number of aromatic nitrogens is 4. The van der Waals surface area contributed by atoms with Crippen molar-refractivity contribution in [3.8, 4) is 0 Å². The van der Waals surface area contributed by atoms with Gasteiger partial charge < -0.3 is 5.32 Å². The van der Waals surface area contributed by atoms with Gasteiger partial charge in [0.2, 0.25) is 0 Å². The van der Waals surface area contributed by atoms with Gasteiger partial charge in [0.25, 0.3) is 0 Å². The maximum Gasteiger partial charge on any atom is 0.347 e. The minimum absolute atomic E-state index is 0. The van der Waals surface area contributed by atoms with Crippen LogP contribution >= 0.6 is 12.4 Å². The minimum atomic E-state index is -0.219. The van der Waals surface area contributed by atoms with Gasteiger partial charge in [0.15, 0.2) is 5.65 Å².